The lowest BCUT2D eigenvalue weighted by molar-refractivity contribution is -0.120. The Bertz CT molecular complexity index is 474. The topological polar surface area (TPSA) is 32.3 Å². The molecule has 1 amide bonds. The van der Waals surface area contributed by atoms with E-state index in [2.05, 4.69) is 39.3 Å². The first-order valence-electron chi connectivity index (χ1n) is 5.42. The van der Waals surface area contributed by atoms with Crippen molar-refractivity contribution in [1.29, 1.82) is 0 Å². The summed E-state index contributed by atoms with van der Waals surface area (Å²) in [5, 5.41) is 2.99. The van der Waals surface area contributed by atoms with Crippen molar-refractivity contribution in [3.05, 3.63) is 28.2 Å². The van der Waals surface area contributed by atoms with Crippen molar-refractivity contribution in [3.63, 3.8) is 0 Å². The monoisotopic (exact) mass is 280 g/mol. The van der Waals surface area contributed by atoms with Crippen LogP contribution in [0.15, 0.2) is 22.7 Å². The molecule has 3 rings (SSSR count). The van der Waals surface area contributed by atoms with Gasteiger partial charge < -0.3 is 10.2 Å². The standard InChI is InChI=1S/C12H13BrN2O/c1-15-5-4-12(7-15)9-6-8(13)2-3-10(9)14-11(12)16/h2-3,6H,4-5,7H2,1H3,(H,14,16)/t12-/m1/s1. The first kappa shape index (κ1) is 10.3. The summed E-state index contributed by atoms with van der Waals surface area (Å²) < 4.78 is 1.04. The van der Waals surface area contributed by atoms with Crippen molar-refractivity contribution < 1.29 is 4.79 Å². The summed E-state index contributed by atoms with van der Waals surface area (Å²) in [5.41, 5.74) is 1.81. The molecule has 0 aromatic heterocycles. The van der Waals surface area contributed by atoms with Gasteiger partial charge in [-0.1, -0.05) is 15.9 Å². The summed E-state index contributed by atoms with van der Waals surface area (Å²) in [7, 11) is 2.07. The summed E-state index contributed by atoms with van der Waals surface area (Å²) in [6, 6.07) is 6.02. The van der Waals surface area contributed by atoms with Gasteiger partial charge in [-0.25, -0.2) is 0 Å². The maximum atomic E-state index is 12.2. The number of carbonyl (C=O) groups is 1. The number of halogens is 1. The van der Waals surface area contributed by atoms with E-state index in [1.54, 1.807) is 0 Å². The highest BCUT2D eigenvalue weighted by Crippen LogP contribution is 2.44. The smallest absolute Gasteiger partial charge is 0.236 e. The zero-order chi connectivity index (χ0) is 11.3. The molecule has 1 aromatic rings. The van der Waals surface area contributed by atoms with Gasteiger partial charge in [0.05, 0.1) is 5.41 Å². The van der Waals surface area contributed by atoms with Gasteiger partial charge in [0.2, 0.25) is 5.91 Å². The molecule has 1 spiro atoms. The molecule has 0 saturated carbocycles. The number of carbonyl (C=O) groups excluding carboxylic acids is 1. The molecule has 1 fully saturated rings. The Hall–Kier alpha value is -0.870. The van der Waals surface area contributed by atoms with Gasteiger partial charge >= 0.3 is 0 Å². The van der Waals surface area contributed by atoms with Crippen LogP contribution in [0.4, 0.5) is 5.69 Å². The summed E-state index contributed by atoms with van der Waals surface area (Å²) >= 11 is 3.48. The van der Waals surface area contributed by atoms with Gasteiger partial charge in [0.15, 0.2) is 0 Å². The maximum Gasteiger partial charge on any atom is 0.236 e. The molecule has 1 atom stereocenters. The molecule has 4 heteroatoms. The molecular formula is C12H13BrN2O. The second-order valence-electron chi connectivity index (χ2n) is 4.71. The first-order chi connectivity index (χ1) is 7.62. The lowest BCUT2D eigenvalue weighted by Gasteiger charge is -2.21. The molecule has 3 nitrogen and oxygen atoms in total. The molecule has 2 aliphatic heterocycles. The minimum atomic E-state index is -0.312. The quantitative estimate of drug-likeness (QED) is 0.788. The van der Waals surface area contributed by atoms with Crippen LogP contribution in [0.3, 0.4) is 0 Å². The number of amides is 1. The summed E-state index contributed by atoms with van der Waals surface area (Å²) in [6.07, 6.45) is 0.915. The van der Waals surface area contributed by atoms with Crippen LogP contribution < -0.4 is 5.32 Å². The largest absolute Gasteiger partial charge is 0.325 e. The molecule has 2 heterocycles. The third-order valence-corrected chi connectivity index (χ3v) is 4.13. The third-order valence-electron chi connectivity index (χ3n) is 3.64. The van der Waals surface area contributed by atoms with E-state index < -0.39 is 0 Å². The zero-order valence-corrected chi connectivity index (χ0v) is 10.7. The van der Waals surface area contributed by atoms with Crippen molar-refractivity contribution in [2.75, 3.05) is 25.5 Å². The first-order valence-corrected chi connectivity index (χ1v) is 6.21. The van der Waals surface area contributed by atoms with Crippen LogP contribution in [0.5, 0.6) is 0 Å². The molecule has 0 unspecified atom stereocenters. The van der Waals surface area contributed by atoms with Gasteiger partial charge in [-0.05, 0) is 43.8 Å². The number of benzene rings is 1. The Balaban J connectivity index is 2.15. The highest BCUT2D eigenvalue weighted by molar-refractivity contribution is 9.10. The van der Waals surface area contributed by atoms with Crippen LogP contribution in [0.1, 0.15) is 12.0 Å². The fraction of sp³-hybridized carbons (Fsp3) is 0.417. The molecule has 0 aliphatic carbocycles. The Kier molecular flexibility index (Phi) is 2.13. The summed E-state index contributed by atoms with van der Waals surface area (Å²) in [4.78, 5) is 14.4. The number of likely N-dealkylation sites (tertiary alicyclic amines) is 1. The van der Waals surface area contributed by atoms with Crippen molar-refractivity contribution in [2.45, 2.75) is 11.8 Å². The average Bonchev–Trinajstić information content (AvgIpc) is 2.74. The molecule has 1 N–H and O–H groups in total. The van der Waals surface area contributed by atoms with Crippen LogP contribution in [-0.2, 0) is 10.2 Å². The average molecular weight is 281 g/mol. The molecule has 2 aliphatic rings. The second kappa shape index (κ2) is 3.31. The van der Waals surface area contributed by atoms with Crippen molar-refractivity contribution >= 4 is 27.5 Å². The Labute approximate surface area is 103 Å². The Morgan fingerprint density at radius 3 is 3.00 bits per heavy atom. The lowest BCUT2D eigenvalue weighted by Crippen LogP contribution is -2.36. The number of nitrogens with zero attached hydrogens (tertiary/aromatic N) is 1. The van der Waals surface area contributed by atoms with Gasteiger partial charge in [-0.15, -0.1) is 0 Å². The molecule has 84 valence electrons. The molecule has 1 aromatic carbocycles. The number of fused-ring (bicyclic) bond motifs is 2. The Morgan fingerprint density at radius 2 is 2.31 bits per heavy atom. The highest BCUT2D eigenvalue weighted by atomic mass is 79.9. The molecule has 0 radical (unpaired) electrons. The predicted octanol–water partition coefficient (Wildman–Crippen LogP) is 1.97. The van der Waals surface area contributed by atoms with E-state index in [-0.39, 0.29) is 11.3 Å². The van der Waals surface area contributed by atoms with E-state index in [1.165, 1.54) is 0 Å². The highest BCUT2D eigenvalue weighted by Gasteiger charge is 2.50. The predicted molar refractivity (Wildman–Crippen MR) is 66.6 cm³/mol. The minimum absolute atomic E-state index is 0.157. The van der Waals surface area contributed by atoms with Gasteiger partial charge in [0, 0.05) is 16.7 Å². The summed E-state index contributed by atoms with van der Waals surface area (Å²) in [6.45, 7) is 1.81. The van der Waals surface area contributed by atoms with Crippen LogP contribution in [0.25, 0.3) is 0 Å². The number of likely N-dealkylation sites (N-methyl/N-ethyl adjacent to an activating group) is 1. The molecule has 16 heavy (non-hydrogen) atoms. The van der Waals surface area contributed by atoms with Gasteiger partial charge in [-0.2, -0.15) is 0 Å². The van der Waals surface area contributed by atoms with E-state index in [1.807, 2.05) is 12.1 Å². The number of hydrogen-bond acceptors (Lipinski definition) is 2. The third kappa shape index (κ3) is 1.26. The molecular weight excluding hydrogens is 268 g/mol. The molecule has 0 bridgehead atoms. The number of rotatable bonds is 0. The Morgan fingerprint density at radius 1 is 1.50 bits per heavy atom. The van der Waals surface area contributed by atoms with Gasteiger partial charge in [-0.3, -0.25) is 4.79 Å². The van der Waals surface area contributed by atoms with Crippen molar-refractivity contribution in [2.24, 2.45) is 0 Å². The van der Waals surface area contributed by atoms with Crippen molar-refractivity contribution in [3.8, 4) is 0 Å². The fourth-order valence-electron chi connectivity index (χ4n) is 2.79. The van der Waals surface area contributed by atoms with Crippen LogP contribution in [-0.4, -0.2) is 30.9 Å². The van der Waals surface area contributed by atoms with Crippen molar-refractivity contribution in [1.82, 2.24) is 4.90 Å². The van der Waals surface area contributed by atoms with Gasteiger partial charge in [0.1, 0.15) is 0 Å². The number of nitrogens with one attached hydrogen (secondary N) is 1. The van der Waals surface area contributed by atoms with Crippen LogP contribution >= 0.6 is 15.9 Å². The molecule has 1 saturated heterocycles. The maximum absolute atomic E-state index is 12.2. The van der Waals surface area contributed by atoms with Crippen LogP contribution in [0.2, 0.25) is 0 Å². The van der Waals surface area contributed by atoms with E-state index in [9.17, 15) is 4.79 Å². The van der Waals surface area contributed by atoms with E-state index >= 15 is 0 Å². The van der Waals surface area contributed by atoms with E-state index in [4.69, 9.17) is 0 Å². The van der Waals surface area contributed by atoms with E-state index in [0.29, 0.717) is 0 Å². The minimum Gasteiger partial charge on any atom is -0.325 e. The second-order valence-corrected chi connectivity index (χ2v) is 5.63. The lowest BCUT2D eigenvalue weighted by atomic mass is 9.81. The van der Waals surface area contributed by atoms with Gasteiger partial charge in [0.25, 0.3) is 0 Å². The van der Waals surface area contributed by atoms with Crippen LogP contribution in [0, 0.1) is 0 Å². The zero-order valence-electron chi connectivity index (χ0n) is 9.09. The fourth-order valence-corrected chi connectivity index (χ4v) is 3.15. The van der Waals surface area contributed by atoms with E-state index in [0.717, 1.165) is 35.2 Å². The number of hydrogen-bond donors (Lipinski definition) is 1. The summed E-state index contributed by atoms with van der Waals surface area (Å²) in [5.74, 6) is 0.157. The SMILES string of the molecule is CN1CC[C@]2(C1)C(=O)Nc1ccc(Br)cc12. The number of anilines is 1. The normalized spacial score (nSPS) is 28.5.